The normalized spacial score (nSPS) is 16.4. The zero-order chi connectivity index (χ0) is 16.8. The summed E-state index contributed by atoms with van der Waals surface area (Å²) in [4.78, 5) is 25.6. The summed E-state index contributed by atoms with van der Waals surface area (Å²) in [5.41, 5.74) is 0.639. The molecule has 0 aliphatic carbocycles. The highest BCUT2D eigenvalue weighted by Gasteiger charge is 2.24. The van der Waals surface area contributed by atoms with Gasteiger partial charge in [-0.1, -0.05) is 29.3 Å². The maximum Gasteiger partial charge on any atom is 0.331 e. The molecule has 0 radical (unpaired) electrons. The van der Waals surface area contributed by atoms with E-state index >= 15 is 0 Å². The molecule has 1 unspecified atom stereocenters. The van der Waals surface area contributed by atoms with Gasteiger partial charge in [0.15, 0.2) is 6.10 Å². The van der Waals surface area contributed by atoms with Crippen LogP contribution in [0.5, 0.6) is 0 Å². The summed E-state index contributed by atoms with van der Waals surface area (Å²) in [6.45, 7) is 3.58. The molecule has 1 amide bonds. The van der Waals surface area contributed by atoms with E-state index in [-0.39, 0.29) is 5.91 Å². The molecule has 0 N–H and O–H groups in total. The minimum atomic E-state index is -0.842. The van der Waals surface area contributed by atoms with Crippen LogP contribution in [-0.4, -0.2) is 49.2 Å². The predicted molar refractivity (Wildman–Crippen MR) is 88.4 cm³/mol. The molecular weight excluding hydrogens is 341 g/mol. The van der Waals surface area contributed by atoms with Crippen LogP contribution < -0.4 is 0 Å². The zero-order valence-corrected chi connectivity index (χ0v) is 14.1. The Hall–Kier alpha value is -1.56. The lowest BCUT2D eigenvalue weighted by Crippen LogP contribution is -2.45. The van der Waals surface area contributed by atoms with Crippen LogP contribution >= 0.6 is 23.2 Å². The summed E-state index contributed by atoms with van der Waals surface area (Å²) in [6.07, 6.45) is 1.91. The van der Waals surface area contributed by atoms with Crippen molar-refractivity contribution < 1.29 is 19.1 Å². The van der Waals surface area contributed by atoms with Crippen LogP contribution in [0.25, 0.3) is 6.08 Å². The molecule has 1 heterocycles. The highest BCUT2D eigenvalue weighted by Crippen LogP contribution is 2.22. The van der Waals surface area contributed by atoms with Crippen molar-refractivity contribution in [2.45, 2.75) is 13.0 Å². The molecule has 1 atom stereocenters. The van der Waals surface area contributed by atoms with Crippen LogP contribution in [0.4, 0.5) is 0 Å². The number of halogens is 2. The Morgan fingerprint density at radius 2 is 2.00 bits per heavy atom. The van der Waals surface area contributed by atoms with Crippen LogP contribution in [0.15, 0.2) is 24.3 Å². The molecule has 7 heteroatoms. The predicted octanol–water partition coefficient (Wildman–Crippen LogP) is 2.80. The minimum Gasteiger partial charge on any atom is -0.449 e. The number of amides is 1. The molecule has 0 aromatic heterocycles. The molecule has 1 aliphatic rings. The minimum absolute atomic E-state index is 0.223. The SMILES string of the molecule is CC(OC(=O)/C=C/c1ccc(Cl)cc1Cl)C(=O)N1CCOCC1. The number of morpholine rings is 1. The quantitative estimate of drug-likeness (QED) is 0.614. The number of rotatable bonds is 4. The maximum atomic E-state index is 12.1. The second kappa shape index (κ2) is 8.34. The van der Waals surface area contributed by atoms with E-state index in [0.29, 0.717) is 41.9 Å². The lowest BCUT2D eigenvalue weighted by molar-refractivity contribution is -0.157. The van der Waals surface area contributed by atoms with Crippen molar-refractivity contribution in [3.63, 3.8) is 0 Å². The summed E-state index contributed by atoms with van der Waals surface area (Å²) < 4.78 is 10.3. The summed E-state index contributed by atoms with van der Waals surface area (Å²) >= 11 is 11.8. The van der Waals surface area contributed by atoms with Gasteiger partial charge in [-0.05, 0) is 30.7 Å². The van der Waals surface area contributed by atoms with E-state index in [0.717, 1.165) is 0 Å². The summed E-state index contributed by atoms with van der Waals surface area (Å²) in [6, 6.07) is 4.94. The molecule has 1 aromatic rings. The largest absolute Gasteiger partial charge is 0.449 e. The first kappa shape index (κ1) is 17.8. The van der Waals surface area contributed by atoms with Crippen molar-refractivity contribution in [3.8, 4) is 0 Å². The fourth-order valence-electron chi connectivity index (χ4n) is 2.10. The zero-order valence-electron chi connectivity index (χ0n) is 12.6. The maximum absolute atomic E-state index is 12.1. The van der Waals surface area contributed by atoms with Crippen molar-refractivity contribution in [3.05, 3.63) is 39.9 Å². The third-order valence-corrected chi connectivity index (χ3v) is 3.89. The van der Waals surface area contributed by atoms with E-state index in [2.05, 4.69) is 0 Å². The van der Waals surface area contributed by atoms with Crippen LogP contribution in [0.1, 0.15) is 12.5 Å². The van der Waals surface area contributed by atoms with E-state index in [1.807, 2.05) is 0 Å². The molecule has 1 aliphatic heterocycles. The van der Waals surface area contributed by atoms with Crippen molar-refractivity contribution in [1.29, 1.82) is 0 Å². The van der Waals surface area contributed by atoms with Crippen molar-refractivity contribution in [1.82, 2.24) is 4.90 Å². The van der Waals surface area contributed by atoms with E-state index in [9.17, 15) is 9.59 Å². The first-order valence-corrected chi connectivity index (χ1v) is 7.93. The third-order valence-electron chi connectivity index (χ3n) is 3.32. The van der Waals surface area contributed by atoms with E-state index in [1.165, 1.54) is 12.2 Å². The van der Waals surface area contributed by atoms with Gasteiger partial charge in [0.2, 0.25) is 0 Å². The molecule has 1 aromatic carbocycles. The first-order chi connectivity index (χ1) is 11.0. The third kappa shape index (κ3) is 5.23. The van der Waals surface area contributed by atoms with E-state index in [4.69, 9.17) is 32.7 Å². The van der Waals surface area contributed by atoms with Crippen LogP contribution in [-0.2, 0) is 19.1 Å². The molecule has 23 heavy (non-hydrogen) atoms. The Labute approximate surface area is 144 Å². The van der Waals surface area contributed by atoms with Gasteiger partial charge in [0, 0.05) is 29.2 Å². The Kier molecular flexibility index (Phi) is 6.45. The van der Waals surface area contributed by atoms with Gasteiger partial charge in [0.05, 0.1) is 13.2 Å². The van der Waals surface area contributed by atoms with Gasteiger partial charge >= 0.3 is 5.97 Å². The fourth-order valence-corrected chi connectivity index (χ4v) is 2.57. The van der Waals surface area contributed by atoms with Crippen LogP contribution in [0, 0.1) is 0 Å². The van der Waals surface area contributed by atoms with Crippen molar-refractivity contribution >= 4 is 41.2 Å². The monoisotopic (exact) mass is 357 g/mol. The molecule has 0 saturated carbocycles. The standard InChI is InChI=1S/C16H17Cl2NO4/c1-11(16(21)19-6-8-22-9-7-19)23-15(20)5-3-12-2-4-13(17)10-14(12)18/h2-5,10-11H,6-9H2,1H3/b5-3+. The van der Waals surface area contributed by atoms with E-state index < -0.39 is 12.1 Å². The van der Waals surface area contributed by atoms with Crippen molar-refractivity contribution in [2.24, 2.45) is 0 Å². The smallest absolute Gasteiger partial charge is 0.331 e. The molecule has 2 rings (SSSR count). The second-order valence-corrected chi connectivity index (χ2v) is 5.86. The number of esters is 1. The van der Waals surface area contributed by atoms with Gasteiger partial charge < -0.3 is 14.4 Å². The van der Waals surface area contributed by atoms with E-state index in [1.54, 1.807) is 30.0 Å². The van der Waals surface area contributed by atoms with Crippen molar-refractivity contribution in [2.75, 3.05) is 26.3 Å². The molecule has 1 fully saturated rings. The van der Waals surface area contributed by atoms with Gasteiger partial charge in [-0.2, -0.15) is 0 Å². The topological polar surface area (TPSA) is 55.8 Å². The van der Waals surface area contributed by atoms with Crippen LogP contribution in [0.3, 0.4) is 0 Å². The number of hydrogen-bond acceptors (Lipinski definition) is 4. The lowest BCUT2D eigenvalue weighted by atomic mass is 10.2. The average Bonchev–Trinajstić information content (AvgIpc) is 2.54. The average molecular weight is 358 g/mol. The number of carbonyl (C=O) groups excluding carboxylic acids is 2. The molecule has 0 bridgehead atoms. The number of carbonyl (C=O) groups is 2. The molecule has 1 saturated heterocycles. The molecular formula is C16H17Cl2NO4. The summed E-state index contributed by atoms with van der Waals surface area (Å²) in [5, 5.41) is 0.943. The van der Waals surface area contributed by atoms with Gasteiger partial charge in [-0.25, -0.2) is 4.79 Å². The van der Waals surface area contributed by atoms with Gasteiger partial charge in [0.25, 0.3) is 5.91 Å². The Bertz CT molecular complexity index is 612. The first-order valence-electron chi connectivity index (χ1n) is 7.17. The Morgan fingerprint density at radius 3 is 2.65 bits per heavy atom. The summed E-state index contributed by atoms with van der Waals surface area (Å²) in [7, 11) is 0. The number of hydrogen-bond donors (Lipinski definition) is 0. The highest BCUT2D eigenvalue weighted by molar-refractivity contribution is 6.35. The molecule has 5 nitrogen and oxygen atoms in total. The lowest BCUT2D eigenvalue weighted by Gasteiger charge is -2.28. The summed E-state index contributed by atoms with van der Waals surface area (Å²) in [5.74, 6) is -0.829. The van der Waals surface area contributed by atoms with Gasteiger partial charge in [-0.3, -0.25) is 4.79 Å². The van der Waals surface area contributed by atoms with Gasteiger partial charge in [0.1, 0.15) is 0 Å². The highest BCUT2D eigenvalue weighted by atomic mass is 35.5. The number of ether oxygens (including phenoxy) is 2. The fraction of sp³-hybridized carbons (Fsp3) is 0.375. The number of benzene rings is 1. The molecule has 124 valence electrons. The second-order valence-electron chi connectivity index (χ2n) is 5.02. The number of nitrogens with zero attached hydrogens (tertiary/aromatic N) is 1. The van der Waals surface area contributed by atoms with Crippen LogP contribution in [0.2, 0.25) is 10.0 Å². The Morgan fingerprint density at radius 1 is 1.30 bits per heavy atom. The molecule has 0 spiro atoms. The Balaban J connectivity index is 1.90. The van der Waals surface area contributed by atoms with Gasteiger partial charge in [-0.15, -0.1) is 0 Å².